The number of para-hydroxylation sites is 1. The first-order valence-corrected chi connectivity index (χ1v) is 11.2. The van der Waals surface area contributed by atoms with Gasteiger partial charge in [0.1, 0.15) is 5.52 Å². The average Bonchev–Trinajstić information content (AvgIpc) is 2.90. The molecule has 3 rings (SSSR count). The molecular formula is C18H21N3Si. The van der Waals surface area contributed by atoms with Gasteiger partial charge in [-0.3, -0.25) is 0 Å². The number of rotatable bonds is 4. The first-order valence-electron chi connectivity index (χ1n) is 7.59. The molecule has 0 fully saturated rings. The second-order valence-corrected chi connectivity index (χ2v) is 11.7. The van der Waals surface area contributed by atoms with Crippen LogP contribution < -0.4 is 0 Å². The molecule has 0 saturated heterocycles. The van der Waals surface area contributed by atoms with Crippen LogP contribution in [0, 0.1) is 0 Å². The van der Waals surface area contributed by atoms with Crippen molar-refractivity contribution in [3.8, 4) is 0 Å². The van der Waals surface area contributed by atoms with Gasteiger partial charge < -0.3 is 0 Å². The molecule has 2 aromatic carbocycles. The van der Waals surface area contributed by atoms with Gasteiger partial charge >= 0.3 is 0 Å². The number of hydrogen-bond acceptors (Lipinski definition) is 2. The predicted octanol–water partition coefficient (Wildman–Crippen LogP) is 4.39. The van der Waals surface area contributed by atoms with E-state index in [0.717, 1.165) is 17.5 Å². The van der Waals surface area contributed by atoms with Crippen LogP contribution in [0.4, 0.5) is 0 Å². The maximum Gasteiger partial charge on any atom is 0.113 e. The highest BCUT2D eigenvalue weighted by atomic mass is 28.3. The molecule has 1 aromatic heterocycles. The predicted molar refractivity (Wildman–Crippen MR) is 95.3 cm³/mol. The fourth-order valence-corrected chi connectivity index (χ4v) is 3.80. The van der Waals surface area contributed by atoms with Crippen LogP contribution in [0.2, 0.25) is 19.6 Å². The average molecular weight is 307 g/mol. The molecule has 0 atom stereocenters. The van der Waals surface area contributed by atoms with Crippen molar-refractivity contribution in [3.63, 3.8) is 0 Å². The third-order valence-electron chi connectivity index (χ3n) is 3.45. The van der Waals surface area contributed by atoms with Crippen molar-refractivity contribution in [1.29, 1.82) is 0 Å². The van der Waals surface area contributed by atoms with E-state index in [2.05, 4.69) is 72.1 Å². The van der Waals surface area contributed by atoms with Gasteiger partial charge in [0.05, 0.1) is 13.6 Å². The minimum Gasteiger partial charge on any atom is -0.217 e. The second-order valence-electron chi connectivity index (χ2n) is 6.65. The Balaban J connectivity index is 2.08. The summed E-state index contributed by atoms with van der Waals surface area (Å²) in [4.78, 5) is 0. The molecule has 0 unspecified atom stereocenters. The Morgan fingerprint density at radius 3 is 2.41 bits per heavy atom. The lowest BCUT2D eigenvalue weighted by Crippen LogP contribution is -2.19. The Kier molecular flexibility index (Phi) is 3.94. The Hall–Kier alpha value is -2.20. The molecule has 3 aromatic rings. The summed E-state index contributed by atoms with van der Waals surface area (Å²) in [6.07, 6.45) is 0.873. The van der Waals surface area contributed by atoms with E-state index in [1.165, 1.54) is 11.3 Å². The number of fused-ring (bicyclic) bond motifs is 1. The maximum atomic E-state index is 4.40. The van der Waals surface area contributed by atoms with Crippen LogP contribution in [0.5, 0.6) is 0 Å². The molecule has 0 N–H and O–H groups in total. The molecule has 0 radical (unpaired) electrons. The van der Waals surface area contributed by atoms with Crippen LogP contribution in [0.1, 0.15) is 5.56 Å². The zero-order valence-corrected chi connectivity index (χ0v) is 14.3. The lowest BCUT2D eigenvalue weighted by atomic mass is 10.1. The van der Waals surface area contributed by atoms with Crippen molar-refractivity contribution >= 4 is 24.8 Å². The van der Waals surface area contributed by atoms with Gasteiger partial charge in [-0.15, -0.1) is 5.10 Å². The van der Waals surface area contributed by atoms with Crippen molar-refractivity contribution in [1.82, 2.24) is 15.0 Å². The molecule has 0 spiro atoms. The van der Waals surface area contributed by atoms with Crippen LogP contribution in [0.3, 0.4) is 0 Å². The molecule has 4 heteroatoms. The first kappa shape index (κ1) is 14.7. The Labute approximate surface area is 132 Å². The summed E-state index contributed by atoms with van der Waals surface area (Å²) < 4.78 is 2.00. The van der Waals surface area contributed by atoms with Crippen molar-refractivity contribution in [3.05, 3.63) is 65.9 Å². The standard InChI is InChI=1S/C18H21N3Si/c1-22(2,3)14-16(13-15-9-5-4-6-10-15)21-18-12-8-7-11-17(18)19-20-21/h4-12,14H,13H2,1-3H3. The van der Waals surface area contributed by atoms with Crippen molar-refractivity contribution in [2.24, 2.45) is 0 Å². The van der Waals surface area contributed by atoms with E-state index in [4.69, 9.17) is 0 Å². The zero-order chi connectivity index (χ0) is 15.6. The lowest BCUT2D eigenvalue weighted by molar-refractivity contribution is 0.821. The molecule has 1 heterocycles. The zero-order valence-electron chi connectivity index (χ0n) is 13.3. The van der Waals surface area contributed by atoms with Gasteiger partial charge in [-0.1, -0.05) is 73.0 Å². The van der Waals surface area contributed by atoms with E-state index in [1.54, 1.807) is 0 Å². The molecule has 0 amide bonds. The van der Waals surface area contributed by atoms with Crippen molar-refractivity contribution in [2.45, 2.75) is 26.1 Å². The molecular weight excluding hydrogens is 286 g/mol. The van der Waals surface area contributed by atoms with E-state index in [-0.39, 0.29) is 0 Å². The SMILES string of the molecule is C[Si](C)(C)C=C(Cc1ccccc1)n1nnc2ccccc21. The summed E-state index contributed by atoms with van der Waals surface area (Å²) in [5, 5.41) is 8.70. The van der Waals surface area contributed by atoms with E-state index >= 15 is 0 Å². The van der Waals surface area contributed by atoms with Gasteiger partial charge in [-0.05, 0) is 17.7 Å². The third-order valence-corrected chi connectivity index (χ3v) is 4.65. The maximum absolute atomic E-state index is 4.40. The number of nitrogens with zero attached hydrogens (tertiary/aromatic N) is 3. The van der Waals surface area contributed by atoms with Crippen LogP contribution >= 0.6 is 0 Å². The lowest BCUT2D eigenvalue weighted by Gasteiger charge is -2.15. The molecule has 0 saturated carbocycles. The minimum atomic E-state index is -1.37. The summed E-state index contributed by atoms with van der Waals surface area (Å²) in [6, 6.07) is 18.7. The summed E-state index contributed by atoms with van der Waals surface area (Å²) in [6.45, 7) is 7.03. The number of hydrogen-bond donors (Lipinski definition) is 0. The number of aromatic nitrogens is 3. The molecule has 0 aliphatic carbocycles. The van der Waals surface area contributed by atoms with E-state index in [0.29, 0.717) is 0 Å². The second kappa shape index (κ2) is 5.89. The largest absolute Gasteiger partial charge is 0.217 e. The Morgan fingerprint density at radius 1 is 1.00 bits per heavy atom. The van der Waals surface area contributed by atoms with Gasteiger partial charge in [0, 0.05) is 12.1 Å². The summed E-state index contributed by atoms with van der Waals surface area (Å²) >= 11 is 0. The summed E-state index contributed by atoms with van der Waals surface area (Å²) in [5.74, 6) is 0. The van der Waals surface area contributed by atoms with Gasteiger partial charge in [0.2, 0.25) is 0 Å². The molecule has 0 aliphatic heterocycles. The fraction of sp³-hybridized carbons (Fsp3) is 0.222. The normalized spacial score (nSPS) is 12.8. The highest BCUT2D eigenvalue weighted by Gasteiger charge is 2.15. The van der Waals surface area contributed by atoms with Crippen LogP contribution in [0.15, 0.2) is 60.3 Å². The Bertz CT molecular complexity index is 798. The van der Waals surface area contributed by atoms with E-state index < -0.39 is 8.07 Å². The van der Waals surface area contributed by atoms with Crippen molar-refractivity contribution in [2.75, 3.05) is 0 Å². The van der Waals surface area contributed by atoms with Gasteiger partial charge in [0.25, 0.3) is 0 Å². The van der Waals surface area contributed by atoms with Crippen LogP contribution in [-0.4, -0.2) is 23.1 Å². The summed E-state index contributed by atoms with van der Waals surface area (Å²) in [5.41, 5.74) is 6.95. The number of benzene rings is 2. The van der Waals surface area contributed by atoms with Gasteiger partial charge in [0.15, 0.2) is 0 Å². The molecule has 22 heavy (non-hydrogen) atoms. The molecule has 0 aliphatic rings. The monoisotopic (exact) mass is 307 g/mol. The Morgan fingerprint density at radius 2 is 1.68 bits per heavy atom. The molecule has 112 valence electrons. The highest BCUT2D eigenvalue weighted by molar-refractivity contribution is 6.81. The van der Waals surface area contributed by atoms with Gasteiger partial charge in [-0.25, -0.2) is 4.68 Å². The number of allylic oxidation sites excluding steroid dienone is 1. The van der Waals surface area contributed by atoms with Crippen molar-refractivity contribution < 1.29 is 0 Å². The van der Waals surface area contributed by atoms with Crippen LogP contribution in [0.25, 0.3) is 16.7 Å². The van der Waals surface area contributed by atoms with Crippen LogP contribution in [-0.2, 0) is 6.42 Å². The smallest absolute Gasteiger partial charge is 0.113 e. The fourth-order valence-electron chi connectivity index (χ4n) is 2.57. The molecule has 0 bridgehead atoms. The first-order chi connectivity index (χ1) is 10.5. The topological polar surface area (TPSA) is 30.7 Å². The summed E-state index contributed by atoms with van der Waals surface area (Å²) in [7, 11) is -1.37. The minimum absolute atomic E-state index is 0.873. The quantitative estimate of drug-likeness (QED) is 0.669. The van der Waals surface area contributed by atoms with E-state index in [1.807, 2.05) is 22.9 Å². The third kappa shape index (κ3) is 3.34. The highest BCUT2D eigenvalue weighted by Crippen LogP contribution is 2.21. The van der Waals surface area contributed by atoms with E-state index in [9.17, 15) is 0 Å². The molecule has 3 nitrogen and oxygen atoms in total. The van der Waals surface area contributed by atoms with Gasteiger partial charge in [-0.2, -0.15) is 0 Å².